The monoisotopic (exact) mass is 635 g/mol. The van der Waals surface area contributed by atoms with E-state index in [-0.39, 0.29) is 54.0 Å². The summed E-state index contributed by atoms with van der Waals surface area (Å²) in [5.41, 5.74) is 1.95. The minimum absolute atomic E-state index is 0.0244. The van der Waals surface area contributed by atoms with Crippen LogP contribution in [0.4, 0.5) is 10.2 Å². The van der Waals surface area contributed by atoms with Crippen LogP contribution in [-0.4, -0.2) is 57.7 Å². The van der Waals surface area contributed by atoms with Crippen molar-refractivity contribution in [3.05, 3.63) is 74.7 Å². The molecule has 3 aromatic rings. The molecule has 0 bridgehead atoms. The summed E-state index contributed by atoms with van der Waals surface area (Å²) in [4.78, 5) is 46.4. The summed E-state index contributed by atoms with van der Waals surface area (Å²) >= 11 is 6.27. The molecule has 2 amide bonds. The van der Waals surface area contributed by atoms with Crippen molar-refractivity contribution in [1.82, 2.24) is 19.8 Å². The molecule has 1 aliphatic heterocycles. The lowest BCUT2D eigenvalue weighted by Gasteiger charge is -2.34. The van der Waals surface area contributed by atoms with Crippen LogP contribution in [0, 0.1) is 5.92 Å². The predicted molar refractivity (Wildman–Crippen MR) is 172 cm³/mol. The summed E-state index contributed by atoms with van der Waals surface area (Å²) < 4.78 is 21.2. The van der Waals surface area contributed by atoms with E-state index in [2.05, 4.69) is 22.5 Å². The third kappa shape index (κ3) is 7.07. The number of pyridine rings is 2. The van der Waals surface area contributed by atoms with Crippen LogP contribution in [-0.2, 0) is 6.54 Å². The number of amides is 2. The average Bonchev–Trinajstić information content (AvgIpc) is 3.78. The van der Waals surface area contributed by atoms with Gasteiger partial charge in [0.05, 0.1) is 19.2 Å². The lowest BCUT2D eigenvalue weighted by Crippen LogP contribution is -2.51. The van der Waals surface area contributed by atoms with Gasteiger partial charge in [-0.2, -0.15) is 4.98 Å². The fourth-order valence-corrected chi connectivity index (χ4v) is 6.02. The van der Waals surface area contributed by atoms with Crippen molar-refractivity contribution < 1.29 is 18.7 Å². The Morgan fingerprint density at radius 1 is 1.07 bits per heavy atom. The topological polar surface area (TPSA) is 106 Å². The molecule has 2 aromatic heterocycles. The molecule has 9 nitrogen and oxygen atoms in total. The zero-order valence-corrected chi connectivity index (χ0v) is 26.6. The number of hydrogen-bond donors (Lipinski definition) is 2. The summed E-state index contributed by atoms with van der Waals surface area (Å²) in [6.07, 6.45) is 6.12. The Hall–Kier alpha value is -3.76. The van der Waals surface area contributed by atoms with Gasteiger partial charge in [0.25, 0.3) is 17.4 Å². The van der Waals surface area contributed by atoms with Gasteiger partial charge in [0.1, 0.15) is 17.6 Å². The zero-order valence-electron chi connectivity index (χ0n) is 25.8. The van der Waals surface area contributed by atoms with E-state index < -0.39 is 12.1 Å². The van der Waals surface area contributed by atoms with Gasteiger partial charge in [0.15, 0.2) is 0 Å². The average molecular weight is 636 g/mol. The molecule has 1 atom stereocenters. The van der Waals surface area contributed by atoms with Crippen LogP contribution in [0.2, 0.25) is 5.02 Å². The van der Waals surface area contributed by atoms with Gasteiger partial charge < -0.3 is 24.8 Å². The minimum Gasteiger partial charge on any atom is -0.475 e. The van der Waals surface area contributed by atoms with Gasteiger partial charge in [-0.25, -0.2) is 4.39 Å². The molecule has 1 aromatic carbocycles. The Balaban J connectivity index is 1.31. The Labute approximate surface area is 267 Å². The summed E-state index contributed by atoms with van der Waals surface area (Å²) in [6.45, 7) is 6.50. The minimum atomic E-state index is -1.05. The lowest BCUT2D eigenvalue weighted by molar-refractivity contribution is 0.0401. The van der Waals surface area contributed by atoms with E-state index in [4.69, 9.17) is 16.3 Å². The first-order valence-electron chi connectivity index (χ1n) is 15.8. The van der Waals surface area contributed by atoms with Crippen LogP contribution in [0.5, 0.6) is 5.88 Å². The Bertz CT molecular complexity index is 1660. The van der Waals surface area contributed by atoms with E-state index in [1.165, 1.54) is 24.2 Å². The molecule has 2 aliphatic carbocycles. The Morgan fingerprint density at radius 2 is 1.82 bits per heavy atom. The first-order chi connectivity index (χ1) is 21.5. The van der Waals surface area contributed by atoms with Crippen molar-refractivity contribution in [1.29, 1.82) is 0 Å². The SMILES string of the molecule is CC(C)Oc1cc(-c2ccc(Cl)cc2C(=O)N2CC(F)C2)cc(NC(=O)c2cc(CN[C@@H](C)C3CCC3)cn(C3CC3)c2=O)n1. The molecule has 3 heterocycles. The molecule has 6 rings (SSSR count). The highest BCUT2D eigenvalue weighted by molar-refractivity contribution is 6.31. The van der Waals surface area contributed by atoms with E-state index >= 15 is 0 Å². The third-order valence-electron chi connectivity index (χ3n) is 8.82. The molecule has 3 aliphatic rings. The van der Waals surface area contributed by atoms with Crippen molar-refractivity contribution in [3.8, 4) is 17.0 Å². The molecular weight excluding hydrogens is 597 g/mol. The van der Waals surface area contributed by atoms with E-state index in [0.29, 0.717) is 40.2 Å². The number of benzene rings is 1. The molecule has 2 saturated carbocycles. The fourth-order valence-electron chi connectivity index (χ4n) is 5.85. The molecule has 0 spiro atoms. The summed E-state index contributed by atoms with van der Waals surface area (Å²) in [5.74, 6) is 0.134. The number of nitrogens with one attached hydrogen (secondary N) is 2. The number of hydrogen-bond acceptors (Lipinski definition) is 6. The van der Waals surface area contributed by atoms with Crippen LogP contribution in [0.3, 0.4) is 0 Å². The maximum atomic E-state index is 13.7. The predicted octanol–water partition coefficient (Wildman–Crippen LogP) is 6.01. The smallest absolute Gasteiger partial charge is 0.263 e. The maximum absolute atomic E-state index is 13.7. The normalized spacial score (nSPS) is 17.5. The number of alkyl halides is 1. The van der Waals surface area contributed by atoms with Gasteiger partial charge in [0.2, 0.25) is 5.88 Å². The number of carbonyl (C=O) groups is 2. The van der Waals surface area contributed by atoms with Crippen molar-refractivity contribution in [2.24, 2.45) is 5.92 Å². The molecule has 1 saturated heterocycles. The summed E-state index contributed by atoms with van der Waals surface area (Å²) in [6, 6.07) is 10.3. The number of likely N-dealkylation sites (tertiary alicyclic amines) is 1. The first kappa shape index (κ1) is 31.2. The van der Waals surface area contributed by atoms with Crippen LogP contribution >= 0.6 is 11.6 Å². The van der Waals surface area contributed by atoms with Crippen LogP contribution < -0.4 is 20.9 Å². The van der Waals surface area contributed by atoms with Crippen molar-refractivity contribution >= 4 is 29.2 Å². The number of carbonyl (C=O) groups excluding carboxylic acids is 2. The standard InChI is InChI=1S/C34H39ClFN5O4/c1-19(2)45-31-13-23(27-10-7-24(35)14-28(27)33(43)40-17-25(36)18-40)12-30(38-31)39-32(42)29-11-21(15-37-20(3)22-5-4-6-22)16-41(34(29)44)26-8-9-26/h7,10-14,16,19-20,22,25-26,37H,4-6,8-9,15,17-18H2,1-3H3,(H,38,39,42)/t20-/m0/s1. The number of aromatic nitrogens is 2. The van der Waals surface area contributed by atoms with E-state index in [1.54, 1.807) is 41.0 Å². The number of rotatable bonds is 11. The number of anilines is 1. The summed E-state index contributed by atoms with van der Waals surface area (Å²) in [7, 11) is 0. The highest BCUT2D eigenvalue weighted by Gasteiger charge is 2.33. The highest BCUT2D eigenvalue weighted by Crippen LogP contribution is 2.35. The Kier molecular flexibility index (Phi) is 8.97. The van der Waals surface area contributed by atoms with Crippen molar-refractivity contribution in [3.63, 3.8) is 0 Å². The number of halogens is 2. The lowest BCUT2D eigenvalue weighted by atomic mass is 9.80. The molecule has 238 valence electrons. The number of nitrogens with zero attached hydrogens (tertiary/aromatic N) is 3. The Morgan fingerprint density at radius 3 is 2.47 bits per heavy atom. The van der Waals surface area contributed by atoms with Crippen LogP contribution in [0.15, 0.2) is 47.4 Å². The molecule has 0 unspecified atom stereocenters. The van der Waals surface area contributed by atoms with Gasteiger partial charge in [-0.15, -0.1) is 0 Å². The van der Waals surface area contributed by atoms with Gasteiger partial charge in [-0.3, -0.25) is 14.4 Å². The van der Waals surface area contributed by atoms with Crippen molar-refractivity contribution in [2.45, 2.75) is 83.8 Å². The van der Waals surface area contributed by atoms with E-state index in [9.17, 15) is 18.8 Å². The van der Waals surface area contributed by atoms with Gasteiger partial charge in [-0.05, 0) is 93.3 Å². The van der Waals surface area contributed by atoms with Crippen LogP contribution in [0.25, 0.3) is 11.1 Å². The molecule has 2 N–H and O–H groups in total. The molecule has 45 heavy (non-hydrogen) atoms. The number of ether oxygens (including phenoxy) is 1. The van der Waals surface area contributed by atoms with Gasteiger partial charge in [-0.1, -0.05) is 24.1 Å². The van der Waals surface area contributed by atoms with Gasteiger partial charge >= 0.3 is 0 Å². The van der Waals surface area contributed by atoms with Crippen molar-refractivity contribution in [2.75, 3.05) is 18.4 Å². The molecular formula is C34H39ClFN5O4. The van der Waals surface area contributed by atoms with Crippen LogP contribution in [0.1, 0.15) is 85.2 Å². The largest absolute Gasteiger partial charge is 0.475 e. The fraction of sp³-hybridized carbons (Fsp3) is 0.471. The third-order valence-corrected chi connectivity index (χ3v) is 9.05. The maximum Gasteiger partial charge on any atom is 0.263 e. The second kappa shape index (κ2) is 12.9. The second-order valence-corrected chi connectivity index (χ2v) is 13.2. The van der Waals surface area contributed by atoms with E-state index in [1.807, 2.05) is 20.0 Å². The summed E-state index contributed by atoms with van der Waals surface area (Å²) in [5, 5.41) is 6.75. The van der Waals surface area contributed by atoms with E-state index in [0.717, 1.165) is 18.4 Å². The quantitative estimate of drug-likeness (QED) is 0.267. The first-order valence-corrected chi connectivity index (χ1v) is 16.2. The molecule has 11 heteroatoms. The molecule has 3 fully saturated rings. The molecule has 0 radical (unpaired) electrons. The second-order valence-electron chi connectivity index (χ2n) is 12.8. The zero-order chi connectivity index (χ0) is 31.8. The van der Waals surface area contributed by atoms with Gasteiger partial charge in [0, 0.05) is 41.5 Å². The highest BCUT2D eigenvalue weighted by atomic mass is 35.5.